The molecule has 0 aromatic carbocycles. The van der Waals surface area contributed by atoms with Gasteiger partial charge in [0.05, 0.1) is 12.2 Å². The van der Waals surface area contributed by atoms with Gasteiger partial charge in [-0.15, -0.1) is 12.4 Å². The van der Waals surface area contributed by atoms with Gasteiger partial charge in [0.2, 0.25) is 0 Å². The van der Waals surface area contributed by atoms with Gasteiger partial charge in [0.1, 0.15) is 0 Å². The van der Waals surface area contributed by atoms with Crippen molar-refractivity contribution in [3.05, 3.63) is 30.1 Å². The normalized spacial score (nSPS) is 14.4. The van der Waals surface area contributed by atoms with E-state index < -0.39 is 12.2 Å². The minimum absolute atomic E-state index is 0. The number of halogens is 1. The molecule has 0 bridgehead atoms. The maximum absolute atomic E-state index is 9.31. The van der Waals surface area contributed by atoms with Gasteiger partial charge in [-0.3, -0.25) is 4.98 Å². The van der Waals surface area contributed by atoms with E-state index in [1.54, 1.807) is 19.3 Å². The van der Waals surface area contributed by atoms with Gasteiger partial charge in [0.25, 0.3) is 0 Å². The van der Waals surface area contributed by atoms with Crippen LogP contribution in [0.25, 0.3) is 0 Å². The van der Waals surface area contributed by atoms with Crippen LogP contribution < -0.4 is 0 Å². The van der Waals surface area contributed by atoms with Gasteiger partial charge in [-0.25, -0.2) is 0 Å². The number of aliphatic hydroxyl groups excluding tert-OH is 2. The molecule has 0 spiro atoms. The fourth-order valence-electron chi connectivity index (χ4n) is 0.931. The summed E-state index contributed by atoms with van der Waals surface area (Å²) in [6.07, 6.45) is 2.44. The largest absolute Gasteiger partial charge is 0.391 e. The summed E-state index contributed by atoms with van der Waals surface area (Å²) in [6, 6.07) is 3.65. The van der Waals surface area contributed by atoms with Crippen LogP contribution in [0.15, 0.2) is 24.5 Å². The molecule has 2 N–H and O–H groups in total. The first-order valence-electron chi connectivity index (χ1n) is 3.95. The standard InChI is InChI=1S/C9H13NO2.ClH/c1-7(11)9(12)6-8-2-4-10-5-3-8;/h2-5,7,9,11-12H,6H2,1H3;1H. The van der Waals surface area contributed by atoms with E-state index in [1.165, 1.54) is 0 Å². The molecule has 74 valence electrons. The smallest absolute Gasteiger partial charge is 0.0836 e. The van der Waals surface area contributed by atoms with E-state index in [2.05, 4.69) is 4.98 Å². The van der Waals surface area contributed by atoms with Crippen molar-refractivity contribution in [3.8, 4) is 0 Å². The molecule has 4 heteroatoms. The number of pyridine rings is 1. The van der Waals surface area contributed by atoms with Crippen LogP contribution in [-0.2, 0) is 6.42 Å². The highest BCUT2D eigenvalue weighted by Gasteiger charge is 2.10. The maximum atomic E-state index is 9.31. The Morgan fingerprint density at radius 3 is 2.31 bits per heavy atom. The first-order valence-corrected chi connectivity index (χ1v) is 3.95. The lowest BCUT2D eigenvalue weighted by Crippen LogP contribution is -2.24. The molecule has 1 heterocycles. The Kier molecular flexibility index (Phi) is 5.62. The highest BCUT2D eigenvalue weighted by molar-refractivity contribution is 5.85. The Balaban J connectivity index is 0.00000144. The molecular weight excluding hydrogens is 190 g/mol. The second-order valence-electron chi connectivity index (χ2n) is 2.87. The molecule has 0 aliphatic carbocycles. The molecule has 13 heavy (non-hydrogen) atoms. The monoisotopic (exact) mass is 203 g/mol. The molecule has 0 saturated carbocycles. The zero-order valence-corrected chi connectivity index (χ0v) is 8.24. The SMILES string of the molecule is CC(O)C(O)Cc1ccncc1.Cl. The third kappa shape index (κ3) is 4.22. The van der Waals surface area contributed by atoms with Gasteiger partial charge in [-0.1, -0.05) is 0 Å². The van der Waals surface area contributed by atoms with Crippen molar-refractivity contribution in [2.75, 3.05) is 0 Å². The number of aromatic nitrogens is 1. The number of aliphatic hydroxyl groups is 2. The molecule has 0 fully saturated rings. The summed E-state index contributed by atoms with van der Waals surface area (Å²) in [7, 11) is 0. The average molecular weight is 204 g/mol. The number of hydrogen-bond acceptors (Lipinski definition) is 3. The number of nitrogens with zero attached hydrogens (tertiary/aromatic N) is 1. The predicted molar refractivity (Wildman–Crippen MR) is 52.9 cm³/mol. The van der Waals surface area contributed by atoms with Crippen molar-refractivity contribution < 1.29 is 10.2 Å². The second kappa shape index (κ2) is 5.91. The fourth-order valence-corrected chi connectivity index (χ4v) is 0.931. The Morgan fingerprint density at radius 2 is 1.85 bits per heavy atom. The summed E-state index contributed by atoms with van der Waals surface area (Å²) in [5.41, 5.74) is 0.985. The van der Waals surface area contributed by atoms with Crippen molar-refractivity contribution >= 4 is 12.4 Å². The third-order valence-corrected chi connectivity index (χ3v) is 1.75. The van der Waals surface area contributed by atoms with E-state index >= 15 is 0 Å². The first kappa shape index (κ1) is 12.4. The van der Waals surface area contributed by atoms with Crippen molar-refractivity contribution in [1.29, 1.82) is 0 Å². The minimum atomic E-state index is -0.688. The summed E-state index contributed by atoms with van der Waals surface area (Å²) in [4.78, 5) is 3.85. The molecule has 2 atom stereocenters. The van der Waals surface area contributed by atoms with E-state index in [9.17, 15) is 5.11 Å². The van der Waals surface area contributed by atoms with Crippen LogP contribution in [0.2, 0.25) is 0 Å². The van der Waals surface area contributed by atoms with Crippen molar-refractivity contribution in [2.24, 2.45) is 0 Å². The molecule has 0 aliphatic heterocycles. The first-order chi connectivity index (χ1) is 5.70. The van der Waals surface area contributed by atoms with Crippen molar-refractivity contribution in [3.63, 3.8) is 0 Å². The van der Waals surface area contributed by atoms with E-state index in [4.69, 9.17) is 5.11 Å². The van der Waals surface area contributed by atoms with Gasteiger partial charge in [0.15, 0.2) is 0 Å². The summed E-state index contributed by atoms with van der Waals surface area (Å²) in [5, 5.41) is 18.3. The number of rotatable bonds is 3. The van der Waals surface area contributed by atoms with Crippen molar-refractivity contribution in [1.82, 2.24) is 4.98 Å². The third-order valence-electron chi connectivity index (χ3n) is 1.75. The van der Waals surface area contributed by atoms with Gasteiger partial charge < -0.3 is 10.2 Å². The van der Waals surface area contributed by atoms with Crippen LogP contribution in [-0.4, -0.2) is 27.4 Å². The minimum Gasteiger partial charge on any atom is -0.391 e. The Hall–Kier alpha value is -0.640. The highest BCUT2D eigenvalue weighted by Crippen LogP contribution is 2.04. The van der Waals surface area contributed by atoms with Crippen LogP contribution in [0.3, 0.4) is 0 Å². The Labute approximate surface area is 83.9 Å². The zero-order chi connectivity index (χ0) is 8.97. The lowest BCUT2D eigenvalue weighted by molar-refractivity contribution is 0.0319. The summed E-state index contributed by atoms with van der Waals surface area (Å²) < 4.78 is 0. The van der Waals surface area contributed by atoms with Crippen LogP contribution in [0, 0.1) is 0 Å². The van der Waals surface area contributed by atoms with E-state index in [0.29, 0.717) is 6.42 Å². The molecule has 1 rings (SSSR count). The molecule has 0 saturated heterocycles. The summed E-state index contributed by atoms with van der Waals surface area (Å²) >= 11 is 0. The second-order valence-corrected chi connectivity index (χ2v) is 2.87. The Bertz CT molecular complexity index is 228. The van der Waals surface area contributed by atoms with Gasteiger partial charge in [-0.05, 0) is 24.6 Å². The lowest BCUT2D eigenvalue weighted by atomic mass is 10.1. The van der Waals surface area contributed by atoms with Crippen LogP contribution in [0.4, 0.5) is 0 Å². The highest BCUT2D eigenvalue weighted by atomic mass is 35.5. The molecule has 3 nitrogen and oxygen atoms in total. The van der Waals surface area contributed by atoms with E-state index in [0.717, 1.165) is 5.56 Å². The van der Waals surface area contributed by atoms with E-state index in [-0.39, 0.29) is 12.4 Å². The predicted octanol–water partition coefficient (Wildman–Crippen LogP) is 0.788. The molecule has 1 aromatic heterocycles. The molecule has 2 unspecified atom stereocenters. The molecule has 0 aliphatic rings. The molecule has 1 aromatic rings. The average Bonchev–Trinajstić information content (AvgIpc) is 2.06. The van der Waals surface area contributed by atoms with E-state index in [1.807, 2.05) is 12.1 Å². The maximum Gasteiger partial charge on any atom is 0.0836 e. The van der Waals surface area contributed by atoms with Crippen molar-refractivity contribution in [2.45, 2.75) is 25.6 Å². The molecule has 0 radical (unpaired) electrons. The zero-order valence-electron chi connectivity index (χ0n) is 7.42. The van der Waals surface area contributed by atoms with Gasteiger partial charge in [0, 0.05) is 18.8 Å². The quantitative estimate of drug-likeness (QED) is 0.764. The number of hydrogen-bond donors (Lipinski definition) is 2. The lowest BCUT2D eigenvalue weighted by Gasteiger charge is -2.12. The fraction of sp³-hybridized carbons (Fsp3) is 0.444. The van der Waals surface area contributed by atoms with Crippen LogP contribution >= 0.6 is 12.4 Å². The van der Waals surface area contributed by atoms with Crippen LogP contribution in [0.1, 0.15) is 12.5 Å². The van der Waals surface area contributed by atoms with Gasteiger partial charge >= 0.3 is 0 Å². The summed E-state index contributed by atoms with van der Waals surface area (Å²) in [6.45, 7) is 1.58. The van der Waals surface area contributed by atoms with Gasteiger partial charge in [-0.2, -0.15) is 0 Å². The van der Waals surface area contributed by atoms with Crippen LogP contribution in [0.5, 0.6) is 0 Å². The Morgan fingerprint density at radius 1 is 1.31 bits per heavy atom. The molecular formula is C9H14ClNO2. The molecule has 0 amide bonds. The topological polar surface area (TPSA) is 53.4 Å². The summed E-state index contributed by atoms with van der Waals surface area (Å²) in [5.74, 6) is 0.